The molecule has 0 unspecified atom stereocenters. The Kier molecular flexibility index (Phi) is 3.34. The molecule has 0 saturated carbocycles. The molecular weight excluding hydrogens is 282 g/mol. The van der Waals surface area contributed by atoms with Gasteiger partial charge in [-0.05, 0) is 24.3 Å². The average Bonchev–Trinajstić information content (AvgIpc) is 2.54. The van der Waals surface area contributed by atoms with Gasteiger partial charge in [-0.25, -0.2) is 0 Å². The van der Waals surface area contributed by atoms with E-state index >= 15 is 0 Å². The Morgan fingerprint density at radius 2 is 1.86 bits per heavy atom. The number of aromatic nitrogens is 2. The molecule has 0 saturated heterocycles. The molecule has 0 aliphatic heterocycles. The molecule has 0 aliphatic carbocycles. The Balaban J connectivity index is 2.15. The minimum Gasteiger partial charge on any atom is -0.494 e. The monoisotopic (exact) mass is 295 g/mol. The molecule has 0 spiro atoms. The maximum Gasteiger partial charge on any atom is 0.265 e. The molecule has 6 heteroatoms. The maximum atomic E-state index is 12.5. The van der Waals surface area contributed by atoms with E-state index in [1.165, 1.54) is 17.0 Å². The summed E-state index contributed by atoms with van der Waals surface area (Å²) in [6.45, 7) is 0. The quantitative estimate of drug-likeness (QED) is 0.756. The summed E-state index contributed by atoms with van der Waals surface area (Å²) in [5.41, 5.74) is 0.274. The molecule has 110 valence electrons. The summed E-state index contributed by atoms with van der Waals surface area (Å²) in [4.78, 5) is 28.7. The van der Waals surface area contributed by atoms with Crippen LogP contribution in [0.15, 0.2) is 53.6 Å². The zero-order valence-electron chi connectivity index (χ0n) is 11.8. The van der Waals surface area contributed by atoms with Gasteiger partial charge in [0.25, 0.3) is 5.91 Å². The highest BCUT2D eigenvalue weighted by Crippen LogP contribution is 2.20. The number of nitrogens with one attached hydrogen (secondary N) is 1. The Hall–Kier alpha value is -3.15. The van der Waals surface area contributed by atoms with E-state index in [-0.39, 0.29) is 11.4 Å². The standard InChI is InChI=1S/C16H13N3O3/c1-19-12-5-3-2-4-11(12)14(20)13(16(19)22)15(21)18-10-6-8-17-9-7-10/h2-9,22H,1H3,(H,17,18,21). The smallest absolute Gasteiger partial charge is 0.265 e. The fraction of sp³-hybridized carbons (Fsp3) is 0.0625. The van der Waals surface area contributed by atoms with Crippen molar-refractivity contribution in [2.24, 2.45) is 7.05 Å². The molecule has 6 nitrogen and oxygen atoms in total. The molecule has 3 rings (SSSR count). The van der Waals surface area contributed by atoms with Crippen molar-refractivity contribution in [3.05, 3.63) is 64.6 Å². The first-order chi connectivity index (χ1) is 10.6. The number of aryl methyl sites for hydroxylation is 1. The van der Waals surface area contributed by atoms with E-state index in [1.54, 1.807) is 43.4 Å². The van der Waals surface area contributed by atoms with Crippen LogP contribution in [0.25, 0.3) is 10.9 Å². The van der Waals surface area contributed by atoms with Crippen molar-refractivity contribution in [3.63, 3.8) is 0 Å². The zero-order valence-corrected chi connectivity index (χ0v) is 11.8. The molecule has 22 heavy (non-hydrogen) atoms. The third-order valence-electron chi connectivity index (χ3n) is 3.44. The Morgan fingerprint density at radius 3 is 2.59 bits per heavy atom. The van der Waals surface area contributed by atoms with E-state index in [0.717, 1.165) is 0 Å². The summed E-state index contributed by atoms with van der Waals surface area (Å²) in [5, 5.41) is 13.2. The van der Waals surface area contributed by atoms with E-state index in [0.29, 0.717) is 16.6 Å². The summed E-state index contributed by atoms with van der Waals surface area (Å²) >= 11 is 0. The minimum atomic E-state index is -0.657. The number of nitrogens with zero attached hydrogens (tertiary/aromatic N) is 2. The lowest BCUT2D eigenvalue weighted by molar-refractivity contribution is 0.102. The fourth-order valence-corrected chi connectivity index (χ4v) is 2.31. The van der Waals surface area contributed by atoms with Gasteiger partial charge >= 0.3 is 0 Å². The number of benzene rings is 1. The number of aromatic hydroxyl groups is 1. The molecule has 1 aromatic carbocycles. The highest BCUT2D eigenvalue weighted by atomic mass is 16.3. The molecule has 0 radical (unpaired) electrons. The molecule has 2 N–H and O–H groups in total. The van der Waals surface area contributed by atoms with Crippen molar-refractivity contribution in [3.8, 4) is 5.88 Å². The Morgan fingerprint density at radius 1 is 1.18 bits per heavy atom. The van der Waals surface area contributed by atoms with Gasteiger partial charge < -0.3 is 15.0 Å². The van der Waals surface area contributed by atoms with Crippen LogP contribution < -0.4 is 10.7 Å². The van der Waals surface area contributed by atoms with Crippen LogP contribution in [0.5, 0.6) is 5.88 Å². The molecule has 0 atom stereocenters. The van der Waals surface area contributed by atoms with E-state index in [4.69, 9.17) is 0 Å². The van der Waals surface area contributed by atoms with Crippen molar-refractivity contribution in [2.75, 3.05) is 5.32 Å². The molecule has 0 aliphatic rings. The fourth-order valence-electron chi connectivity index (χ4n) is 2.31. The van der Waals surface area contributed by atoms with Crippen molar-refractivity contribution < 1.29 is 9.90 Å². The van der Waals surface area contributed by atoms with Crippen LogP contribution in [0.3, 0.4) is 0 Å². The van der Waals surface area contributed by atoms with Gasteiger partial charge in [0.05, 0.1) is 5.52 Å². The second-order valence-corrected chi connectivity index (χ2v) is 4.79. The molecule has 2 heterocycles. The lowest BCUT2D eigenvalue weighted by Gasteiger charge is -2.12. The van der Waals surface area contributed by atoms with Crippen molar-refractivity contribution in [2.45, 2.75) is 0 Å². The number of para-hydroxylation sites is 1. The number of rotatable bonds is 2. The first kappa shape index (κ1) is 13.8. The van der Waals surface area contributed by atoms with Crippen LogP contribution in [0.4, 0.5) is 5.69 Å². The third-order valence-corrected chi connectivity index (χ3v) is 3.44. The van der Waals surface area contributed by atoms with Gasteiger partial charge in [0.1, 0.15) is 5.56 Å². The van der Waals surface area contributed by atoms with Gasteiger partial charge in [-0.3, -0.25) is 14.6 Å². The minimum absolute atomic E-state index is 0.280. The van der Waals surface area contributed by atoms with Crippen LogP contribution in [0, 0.1) is 0 Å². The maximum absolute atomic E-state index is 12.5. The van der Waals surface area contributed by atoms with E-state index in [2.05, 4.69) is 10.3 Å². The number of amides is 1. The summed E-state index contributed by atoms with van der Waals surface area (Å²) in [7, 11) is 1.60. The largest absolute Gasteiger partial charge is 0.494 e. The predicted molar refractivity (Wildman–Crippen MR) is 83.0 cm³/mol. The number of anilines is 1. The van der Waals surface area contributed by atoms with Gasteiger partial charge in [-0.15, -0.1) is 0 Å². The van der Waals surface area contributed by atoms with E-state index < -0.39 is 11.3 Å². The topological polar surface area (TPSA) is 84.2 Å². The molecule has 2 aromatic heterocycles. The Labute approximate surface area is 125 Å². The molecule has 0 fully saturated rings. The molecular formula is C16H13N3O3. The first-order valence-corrected chi connectivity index (χ1v) is 6.61. The van der Waals surface area contributed by atoms with E-state index in [1.807, 2.05) is 0 Å². The summed E-state index contributed by atoms with van der Waals surface area (Å²) in [6.07, 6.45) is 3.04. The normalized spacial score (nSPS) is 10.6. The molecule has 3 aromatic rings. The lowest BCUT2D eigenvalue weighted by atomic mass is 10.1. The number of fused-ring (bicyclic) bond motifs is 1. The number of hydrogen-bond donors (Lipinski definition) is 2. The number of carbonyl (C=O) groups excluding carboxylic acids is 1. The third kappa shape index (κ3) is 2.20. The zero-order chi connectivity index (χ0) is 15.7. The average molecular weight is 295 g/mol. The molecule has 1 amide bonds. The van der Waals surface area contributed by atoms with Crippen LogP contribution in [-0.2, 0) is 7.05 Å². The SMILES string of the molecule is Cn1c(O)c(C(=O)Nc2ccncc2)c(=O)c2ccccc21. The summed E-state index contributed by atoms with van der Waals surface area (Å²) in [6, 6.07) is 10.0. The Bertz CT molecular complexity index is 917. The molecule has 0 bridgehead atoms. The van der Waals surface area contributed by atoms with Gasteiger partial charge in [0, 0.05) is 30.5 Å². The van der Waals surface area contributed by atoms with E-state index in [9.17, 15) is 14.7 Å². The van der Waals surface area contributed by atoms with Gasteiger partial charge in [0.15, 0.2) is 0 Å². The van der Waals surface area contributed by atoms with Crippen LogP contribution in [-0.4, -0.2) is 20.6 Å². The number of carbonyl (C=O) groups is 1. The van der Waals surface area contributed by atoms with Crippen LogP contribution >= 0.6 is 0 Å². The number of pyridine rings is 2. The highest BCUT2D eigenvalue weighted by Gasteiger charge is 2.20. The summed E-state index contributed by atoms with van der Waals surface area (Å²) in [5.74, 6) is -1.02. The van der Waals surface area contributed by atoms with Crippen LogP contribution in [0.2, 0.25) is 0 Å². The lowest BCUT2D eigenvalue weighted by Crippen LogP contribution is -2.24. The second kappa shape index (κ2) is 5.33. The van der Waals surface area contributed by atoms with Crippen molar-refractivity contribution in [1.82, 2.24) is 9.55 Å². The predicted octanol–water partition coefficient (Wildman–Crippen LogP) is 1.89. The first-order valence-electron chi connectivity index (χ1n) is 6.61. The van der Waals surface area contributed by atoms with Crippen molar-refractivity contribution >= 4 is 22.5 Å². The highest BCUT2D eigenvalue weighted by molar-refractivity contribution is 6.07. The van der Waals surface area contributed by atoms with Gasteiger partial charge in [-0.1, -0.05) is 12.1 Å². The summed E-state index contributed by atoms with van der Waals surface area (Å²) < 4.78 is 1.41. The van der Waals surface area contributed by atoms with Crippen LogP contribution in [0.1, 0.15) is 10.4 Å². The number of hydrogen-bond acceptors (Lipinski definition) is 4. The van der Waals surface area contributed by atoms with Gasteiger partial charge in [0.2, 0.25) is 11.3 Å². The van der Waals surface area contributed by atoms with Gasteiger partial charge in [-0.2, -0.15) is 0 Å². The second-order valence-electron chi connectivity index (χ2n) is 4.79. The van der Waals surface area contributed by atoms with Crippen molar-refractivity contribution in [1.29, 1.82) is 0 Å².